The van der Waals surface area contributed by atoms with Gasteiger partial charge in [0.05, 0.1) is 23.1 Å². The fraction of sp³-hybridized carbons (Fsp3) is 0.385. The third-order valence-corrected chi connectivity index (χ3v) is 2.70. The van der Waals surface area contributed by atoms with Gasteiger partial charge in [-0.05, 0) is 28.7 Å². The van der Waals surface area contributed by atoms with Crippen LogP contribution in [0, 0.1) is 22.7 Å². The SMILES string of the molecule is CC(C)(C)c1cc(C#N)c(Cl)cc1CC#N. The van der Waals surface area contributed by atoms with E-state index < -0.39 is 0 Å². The van der Waals surface area contributed by atoms with E-state index in [1.165, 1.54) is 0 Å². The van der Waals surface area contributed by atoms with E-state index >= 15 is 0 Å². The molecule has 0 heterocycles. The van der Waals surface area contributed by atoms with Gasteiger partial charge < -0.3 is 0 Å². The van der Waals surface area contributed by atoms with Crippen molar-refractivity contribution in [2.24, 2.45) is 0 Å². The number of benzene rings is 1. The van der Waals surface area contributed by atoms with Crippen LogP contribution in [0.2, 0.25) is 5.02 Å². The summed E-state index contributed by atoms with van der Waals surface area (Å²) >= 11 is 5.96. The lowest BCUT2D eigenvalue weighted by Gasteiger charge is -2.22. The van der Waals surface area contributed by atoms with Crippen LogP contribution in [-0.2, 0) is 11.8 Å². The van der Waals surface area contributed by atoms with Gasteiger partial charge in [0.1, 0.15) is 6.07 Å². The van der Waals surface area contributed by atoms with Gasteiger partial charge in [-0.1, -0.05) is 32.4 Å². The molecule has 0 saturated heterocycles. The van der Waals surface area contributed by atoms with Crippen LogP contribution >= 0.6 is 11.6 Å². The fourth-order valence-electron chi connectivity index (χ4n) is 1.63. The van der Waals surface area contributed by atoms with Crippen LogP contribution in [0.15, 0.2) is 12.1 Å². The summed E-state index contributed by atoms with van der Waals surface area (Å²) in [6, 6.07) is 7.69. The van der Waals surface area contributed by atoms with Crippen LogP contribution in [0.25, 0.3) is 0 Å². The lowest BCUT2D eigenvalue weighted by molar-refractivity contribution is 0.584. The van der Waals surface area contributed by atoms with E-state index in [9.17, 15) is 0 Å². The molecule has 3 heteroatoms. The minimum Gasteiger partial charge on any atom is -0.198 e. The predicted octanol–water partition coefficient (Wildman–Crippen LogP) is 3.58. The molecule has 1 rings (SSSR count). The molecule has 0 N–H and O–H groups in total. The third-order valence-electron chi connectivity index (χ3n) is 2.39. The maximum atomic E-state index is 8.93. The molecule has 0 aliphatic carbocycles. The molecule has 0 amide bonds. The standard InChI is InChI=1S/C13H13ClN2/c1-13(2,3)11-6-10(8-16)12(14)7-9(11)4-5-15/h6-7H,4H2,1-3H3. The van der Waals surface area contributed by atoms with Crippen molar-refractivity contribution in [2.75, 3.05) is 0 Å². The Bertz CT molecular complexity index is 484. The van der Waals surface area contributed by atoms with Crippen molar-refractivity contribution >= 4 is 11.6 Å². The molecule has 1 aromatic carbocycles. The van der Waals surface area contributed by atoms with Crippen LogP contribution in [-0.4, -0.2) is 0 Å². The minimum atomic E-state index is -0.0949. The second-order valence-electron chi connectivity index (χ2n) is 4.69. The number of hydrogen-bond acceptors (Lipinski definition) is 2. The zero-order valence-corrected chi connectivity index (χ0v) is 10.4. The quantitative estimate of drug-likeness (QED) is 0.743. The van der Waals surface area contributed by atoms with Gasteiger partial charge in [-0.3, -0.25) is 0 Å². The third kappa shape index (κ3) is 2.54. The van der Waals surface area contributed by atoms with Crippen molar-refractivity contribution in [3.8, 4) is 12.1 Å². The monoisotopic (exact) mass is 232 g/mol. The molecule has 0 aliphatic heterocycles. The molecule has 16 heavy (non-hydrogen) atoms. The number of nitrogens with zero attached hydrogens (tertiary/aromatic N) is 2. The Morgan fingerprint density at radius 2 is 1.88 bits per heavy atom. The smallest absolute Gasteiger partial charge is 0.101 e. The van der Waals surface area contributed by atoms with Crippen molar-refractivity contribution in [3.63, 3.8) is 0 Å². The summed E-state index contributed by atoms with van der Waals surface area (Å²) in [7, 11) is 0. The number of rotatable bonds is 1. The Labute approximate surface area is 101 Å². The first-order valence-electron chi connectivity index (χ1n) is 5.00. The highest BCUT2D eigenvalue weighted by Crippen LogP contribution is 2.30. The zero-order chi connectivity index (χ0) is 12.3. The van der Waals surface area contributed by atoms with Crippen LogP contribution in [0.3, 0.4) is 0 Å². The first-order valence-corrected chi connectivity index (χ1v) is 5.38. The van der Waals surface area contributed by atoms with E-state index in [1.807, 2.05) is 0 Å². The summed E-state index contributed by atoms with van der Waals surface area (Å²) in [6.07, 6.45) is 0.317. The van der Waals surface area contributed by atoms with Crippen LogP contribution in [0.4, 0.5) is 0 Å². The molecule has 0 unspecified atom stereocenters. The maximum absolute atomic E-state index is 8.93. The molecule has 0 saturated carbocycles. The van der Waals surface area contributed by atoms with Crippen LogP contribution in [0.1, 0.15) is 37.5 Å². The zero-order valence-electron chi connectivity index (χ0n) is 9.63. The Hall–Kier alpha value is -1.51. The number of halogens is 1. The van der Waals surface area contributed by atoms with Gasteiger partial charge in [-0.2, -0.15) is 10.5 Å². The van der Waals surface area contributed by atoms with Crippen LogP contribution in [0.5, 0.6) is 0 Å². The molecule has 82 valence electrons. The van der Waals surface area contributed by atoms with Gasteiger partial charge in [0.25, 0.3) is 0 Å². The molecule has 0 atom stereocenters. The van der Waals surface area contributed by atoms with Crippen molar-refractivity contribution in [1.82, 2.24) is 0 Å². The first kappa shape index (κ1) is 12.6. The number of nitriles is 2. The largest absolute Gasteiger partial charge is 0.198 e. The van der Waals surface area contributed by atoms with Crippen LogP contribution < -0.4 is 0 Å². The van der Waals surface area contributed by atoms with Crippen molar-refractivity contribution in [1.29, 1.82) is 10.5 Å². The Kier molecular flexibility index (Phi) is 3.58. The molecule has 0 aliphatic rings. The lowest BCUT2D eigenvalue weighted by atomic mass is 9.82. The lowest BCUT2D eigenvalue weighted by Crippen LogP contribution is -2.14. The normalized spacial score (nSPS) is 10.6. The molecule has 0 bridgehead atoms. The van der Waals surface area contributed by atoms with E-state index in [0.717, 1.165) is 11.1 Å². The average molecular weight is 233 g/mol. The maximum Gasteiger partial charge on any atom is 0.101 e. The number of hydrogen-bond donors (Lipinski definition) is 0. The summed E-state index contributed by atoms with van der Waals surface area (Å²) in [4.78, 5) is 0. The summed E-state index contributed by atoms with van der Waals surface area (Å²) in [5.74, 6) is 0. The molecule has 0 aromatic heterocycles. The molecule has 2 nitrogen and oxygen atoms in total. The van der Waals surface area contributed by atoms with E-state index in [-0.39, 0.29) is 5.41 Å². The Balaban J connectivity index is 3.46. The van der Waals surface area contributed by atoms with Gasteiger partial charge >= 0.3 is 0 Å². The predicted molar refractivity (Wildman–Crippen MR) is 64.2 cm³/mol. The summed E-state index contributed by atoms with van der Waals surface area (Å²) in [6.45, 7) is 6.16. The Morgan fingerprint density at radius 3 is 2.31 bits per heavy atom. The van der Waals surface area contributed by atoms with E-state index in [1.54, 1.807) is 12.1 Å². The highest BCUT2D eigenvalue weighted by molar-refractivity contribution is 6.31. The van der Waals surface area contributed by atoms with E-state index in [2.05, 4.69) is 32.9 Å². The molecular weight excluding hydrogens is 220 g/mol. The van der Waals surface area contributed by atoms with Gasteiger partial charge in [-0.25, -0.2) is 0 Å². The summed E-state index contributed by atoms with van der Waals surface area (Å²) in [5, 5.41) is 18.1. The van der Waals surface area contributed by atoms with Crippen molar-refractivity contribution in [2.45, 2.75) is 32.6 Å². The fourth-order valence-corrected chi connectivity index (χ4v) is 1.86. The molecule has 0 fully saturated rings. The molecular formula is C13H13ClN2. The highest BCUT2D eigenvalue weighted by atomic mass is 35.5. The Morgan fingerprint density at radius 1 is 1.25 bits per heavy atom. The van der Waals surface area contributed by atoms with Gasteiger partial charge in [-0.15, -0.1) is 0 Å². The first-order chi connectivity index (χ1) is 7.40. The van der Waals surface area contributed by atoms with E-state index in [0.29, 0.717) is 17.0 Å². The van der Waals surface area contributed by atoms with Crippen molar-refractivity contribution < 1.29 is 0 Å². The summed E-state index contributed by atoms with van der Waals surface area (Å²) in [5.41, 5.74) is 2.28. The summed E-state index contributed by atoms with van der Waals surface area (Å²) < 4.78 is 0. The van der Waals surface area contributed by atoms with Crippen molar-refractivity contribution in [3.05, 3.63) is 33.8 Å². The van der Waals surface area contributed by atoms with Gasteiger partial charge in [0.2, 0.25) is 0 Å². The van der Waals surface area contributed by atoms with E-state index in [4.69, 9.17) is 22.1 Å². The minimum absolute atomic E-state index is 0.0949. The molecule has 0 spiro atoms. The molecule has 1 aromatic rings. The molecule has 0 radical (unpaired) electrons. The second kappa shape index (κ2) is 4.56. The van der Waals surface area contributed by atoms with Gasteiger partial charge in [0.15, 0.2) is 0 Å². The average Bonchev–Trinajstić information content (AvgIpc) is 2.16. The topological polar surface area (TPSA) is 47.6 Å². The van der Waals surface area contributed by atoms with Gasteiger partial charge in [0, 0.05) is 0 Å². The second-order valence-corrected chi connectivity index (χ2v) is 5.09. The highest BCUT2D eigenvalue weighted by Gasteiger charge is 2.19.